The summed E-state index contributed by atoms with van der Waals surface area (Å²) in [5.74, 6) is 1.19. The summed E-state index contributed by atoms with van der Waals surface area (Å²) < 4.78 is 0. The summed E-state index contributed by atoms with van der Waals surface area (Å²) in [6, 6.07) is 0. The molecule has 6 heteroatoms. The number of carboxylic acid groups (broad SMARTS) is 1. The van der Waals surface area contributed by atoms with Crippen LogP contribution in [-0.4, -0.2) is 46.0 Å². The lowest BCUT2D eigenvalue weighted by Gasteiger charge is -2.22. The average molecular weight is 277 g/mol. The number of thioether (sulfide) groups is 2. The molecule has 98 valence electrons. The van der Waals surface area contributed by atoms with Crippen molar-refractivity contribution in [2.75, 3.05) is 23.8 Å². The lowest BCUT2D eigenvalue weighted by Crippen LogP contribution is -2.39. The molecule has 1 aliphatic heterocycles. The van der Waals surface area contributed by atoms with Gasteiger partial charge in [0, 0.05) is 35.0 Å². The van der Waals surface area contributed by atoms with E-state index in [-0.39, 0.29) is 5.91 Å². The largest absolute Gasteiger partial charge is 0.481 e. The molecule has 0 aliphatic carbocycles. The first kappa shape index (κ1) is 14.7. The van der Waals surface area contributed by atoms with Crippen LogP contribution in [0.15, 0.2) is 0 Å². The molecule has 0 aromatic rings. The molecule has 1 heterocycles. The van der Waals surface area contributed by atoms with Gasteiger partial charge in [-0.3, -0.25) is 9.59 Å². The molecule has 3 atom stereocenters. The van der Waals surface area contributed by atoms with Crippen LogP contribution in [0.2, 0.25) is 0 Å². The molecule has 17 heavy (non-hydrogen) atoms. The van der Waals surface area contributed by atoms with E-state index in [4.69, 9.17) is 5.11 Å². The van der Waals surface area contributed by atoms with Gasteiger partial charge in [-0.05, 0) is 0 Å². The van der Waals surface area contributed by atoms with Crippen molar-refractivity contribution in [2.24, 2.45) is 11.8 Å². The van der Waals surface area contributed by atoms with Crippen LogP contribution >= 0.6 is 23.5 Å². The SMILES string of the molecule is CC(C(=O)O)C(C)C(=O)NCC1CSCCS1. The second kappa shape index (κ2) is 7.16. The molecule has 1 fully saturated rings. The molecular formula is C11H19NO3S2. The summed E-state index contributed by atoms with van der Waals surface area (Å²) in [7, 11) is 0. The first-order valence-electron chi connectivity index (χ1n) is 5.72. The van der Waals surface area contributed by atoms with E-state index in [9.17, 15) is 9.59 Å². The fourth-order valence-corrected chi connectivity index (χ4v) is 4.08. The predicted molar refractivity (Wildman–Crippen MR) is 72.5 cm³/mol. The summed E-state index contributed by atoms with van der Waals surface area (Å²) in [6.45, 7) is 3.88. The zero-order valence-corrected chi connectivity index (χ0v) is 11.8. The summed E-state index contributed by atoms with van der Waals surface area (Å²) in [4.78, 5) is 22.5. The van der Waals surface area contributed by atoms with Gasteiger partial charge in [0.25, 0.3) is 0 Å². The molecule has 1 amide bonds. The third-order valence-corrected chi connectivity index (χ3v) is 5.79. The lowest BCUT2D eigenvalue weighted by molar-refractivity contribution is -0.146. The van der Waals surface area contributed by atoms with E-state index in [0.29, 0.717) is 11.8 Å². The minimum absolute atomic E-state index is 0.156. The van der Waals surface area contributed by atoms with E-state index < -0.39 is 17.8 Å². The monoisotopic (exact) mass is 277 g/mol. The van der Waals surface area contributed by atoms with Crippen LogP contribution in [0, 0.1) is 11.8 Å². The molecule has 0 bridgehead atoms. The van der Waals surface area contributed by atoms with Gasteiger partial charge in [-0.25, -0.2) is 0 Å². The van der Waals surface area contributed by atoms with Gasteiger partial charge in [0.15, 0.2) is 0 Å². The number of hydrogen-bond donors (Lipinski definition) is 2. The topological polar surface area (TPSA) is 66.4 Å². The Kier molecular flexibility index (Phi) is 6.19. The number of rotatable bonds is 5. The highest BCUT2D eigenvalue weighted by Gasteiger charge is 2.26. The number of nitrogens with one attached hydrogen (secondary N) is 1. The van der Waals surface area contributed by atoms with Gasteiger partial charge in [-0.15, -0.1) is 0 Å². The summed E-state index contributed by atoms with van der Waals surface area (Å²) in [6.07, 6.45) is 0. The maximum Gasteiger partial charge on any atom is 0.307 e. The third-order valence-electron chi connectivity index (χ3n) is 2.94. The molecule has 1 saturated heterocycles. The van der Waals surface area contributed by atoms with Crippen molar-refractivity contribution in [1.29, 1.82) is 0 Å². The fraction of sp³-hybridized carbons (Fsp3) is 0.818. The van der Waals surface area contributed by atoms with Gasteiger partial charge < -0.3 is 10.4 Å². The molecule has 0 spiro atoms. The van der Waals surface area contributed by atoms with Gasteiger partial charge in [0.05, 0.1) is 5.92 Å². The minimum Gasteiger partial charge on any atom is -0.481 e. The molecule has 0 saturated carbocycles. The van der Waals surface area contributed by atoms with Gasteiger partial charge in [0.1, 0.15) is 0 Å². The Morgan fingerprint density at radius 1 is 1.35 bits per heavy atom. The molecule has 1 rings (SSSR count). The zero-order chi connectivity index (χ0) is 12.8. The lowest BCUT2D eigenvalue weighted by atomic mass is 9.95. The normalized spacial score (nSPS) is 23.8. The number of carboxylic acids is 1. The van der Waals surface area contributed by atoms with E-state index >= 15 is 0 Å². The van der Waals surface area contributed by atoms with Gasteiger partial charge in [-0.1, -0.05) is 13.8 Å². The van der Waals surface area contributed by atoms with E-state index in [1.807, 2.05) is 23.5 Å². The fourth-order valence-electron chi connectivity index (χ4n) is 1.47. The first-order valence-corrected chi connectivity index (χ1v) is 7.92. The Balaban J connectivity index is 2.30. The molecule has 3 unspecified atom stereocenters. The Hall–Kier alpha value is -0.360. The summed E-state index contributed by atoms with van der Waals surface area (Å²) in [5.41, 5.74) is 0. The molecule has 4 nitrogen and oxygen atoms in total. The van der Waals surface area contributed by atoms with Crippen LogP contribution in [0.4, 0.5) is 0 Å². The number of carbonyl (C=O) groups is 2. The van der Waals surface area contributed by atoms with E-state index in [2.05, 4.69) is 5.32 Å². The second-order valence-corrected chi connectivity index (χ2v) is 6.79. The van der Waals surface area contributed by atoms with E-state index in [1.165, 1.54) is 5.75 Å². The van der Waals surface area contributed by atoms with Crippen molar-refractivity contribution >= 4 is 35.4 Å². The van der Waals surface area contributed by atoms with Crippen molar-refractivity contribution in [2.45, 2.75) is 19.1 Å². The Bertz CT molecular complexity index is 280. The third kappa shape index (κ3) is 4.79. The Labute approximate surface area is 110 Å². The quantitative estimate of drug-likeness (QED) is 0.793. The number of carbonyl (C=O) groups excluding carboxylic acids is 1. The van der Waals surface area contributed by atoms with Crippen molar-refractivity contribution in [1.82, 2.24) is 5.32 Å². The molecule has 0 radical (unpaired) electrons. The molecular weight excluding hydrogens is 258 g/mol. The minimum atomic E-state index is -0.921. The van der Waals surface area contributed by atoms with Gasteiger partial charge in [0.2, 0.25) is 5.91 Å². The standard InChI is InChI=1S/C11H19NO3S2/c1-7(8(2)11(14)15)10(13)12-5-9-6-16-3-4-17-9/h7-9H,3-6H2,1-2H3,(H,12,13)(H,14,15). The van der Waals surface area contributed by atoms with Gasteiger partial charge >= 0.3 is 5.97 Å². The second-order valence-electron chi connectivity index (χ2n) is 4.23. The highest BCUT2D eigenvalue weighted by atomic mass is 32.2. The van der Waals surface area contributed by atoms with Crippen molar-refractivity contribution in [3.8, 4) is 0 Å². The van der Waals surface area contributed by atoms with Crippen LogP contribution < -0.4 is 5.32 Å². The van der Waals surface area contributed by atoms with Crippen molar-refractivity contribution in [3.05, 3.63) is 0 Å². The molecule has 0 aromatic heterocycles. The zero-order valence-electron chi connectivity index (χ0n) is 10.1. The molecule has 2 N–H and O–H groups in total. The number of amides is 1. The smallest absolute Gasteiger partial charge is 0.307 e. The molecule has 1 aliphatic rings. The maximum absolute atomic E-state index is 11.7. The number of aliphatic carboxylic acids is 1. The van der Waals surface area contributed by atoms with Crippen molar-refractivity contribution < 1.29 is 14.7 Å². The summed E-state index contributed by atoms with van der Waals surface area (Å²) >= 11 is 3.79. The highest BCUT2D eigenvalue weighted by Crippen LogP contribution is 2.23. The summed E-state index contributed by atoms with van der Waals surface area (Å²) in [5, 5.41) is 12.1. The van der Waals surface area contributed by atoms with E-state index in [1.54, 1.807) is 13.8 Å². The van der Waals surface area contributed by atoms with Gasteiger partial charge in [-0.2, -0.15) is 23.5 Å². The average Bonchev–Trinajstić information content (AvgIpc) is 2.35. The number of hydrogen-bond acceptors (Lipinski definition) is 4. The van der Waals surface area contributed by atoms with Crippen molar-refractivity contribution in [3.63, 3.8) is 0 Å². The Morgan fingerprint density at radius 3 is 2.59 bits per heavy atom. The van der Waals surface area contributed by atoms with Crippen LogP contribution in [-0.2, 0) is 9.59 Å². The van der Waals surface area contributed by atoms with Crippen LogP contribution in [0.3, 0.4) is 0 Å². The van der Waals surface area contributed by atoms with Crippen LogP contribution in [0.1, 0.15) is 13.8 Å². The first-order chi connectivity index (χ1) is 8.02. The van der Waals surface area contributed by atoms with Crippen LogP contribution in [0.5, 0.6) is 0 Å². The highest BCUT2D eigenvalue weighted by molar-refractivity contribution is 8.06. The van der Waals surface area contributed by atoms with E-state index in [0.717, 1.165) is 11.5 Å². The Morgan fingerprint density at radius 2 is 2.06 bits per heavy atom. The maximum atomic E-state index is 11.7. The molecule has 0 aromatic carbocycles. The predicted octanol–water partition coefficient (Wildman–Crippen LogP) is 1.31. The van der Waals surface area contributed by atoms with Crippen LogP contribution in [0.25, 0.3) is 0 Å².